The highest BCUT2D eigenvalue weighted by Gasteiger charge is 2.11. The molecule has 128 valence electrons. The van der Waals surface area contributed by atoms with Crippen molar-refractivity contribution in [2.75, 3.05) is 5.32 Å². The van der Waals surface area contributed by atoms with E-state index < -0.39 is 23.4 Å². The van der Waals surface area contributed by atoms with Crippen LogP contribution in [0.2, 0.25) is 0 Å². The van der Waals surface area contributed by atoms with Gasteiger partial charge in [0.1, 0.15) is 18.2 Å². The van der Waals surface area contributed by atoms with E-state index in [4.69, 9.17) is 4.74 Å². The molecule has 0 spiro atoms. The number of carbonyl (C=O) groups excluding carboxylic acids is 1. The first-order chi connectivity index (χ1) is 12.0. The molecule has 0 radical (unpaired) electrons. The van der Waals surface area contributed by atoms with Crippen molar-refractivity contribution in [3.8, 4) is 5.75 Å². The number of halogens is 3. The Morgan fingerprint density at radius 1 is 1.04 bits per heavy atom. The largest absolute Gasteiger partial charge is 0.489 e. The van der Waals surface area contributed by atoms with Gasteiger partial charge < -0.3 is 10.1 Å². The molecule has 25 heavy (non-hydrogen) atoms. The van der Waals surface area contributed by atoms with Crippen molar-refractivity contribution in [3.63, 3.8) is 0 Å². The molecule has 0 aliphatic rings. The first-order valence-corrected chi connectivity index (χ1v) is 8.11. The molecule has 0 saturated heterocycles. The van der Waals surface area contributed by atoms with Crippen LogP contribution < -0.4 is 10.1 Å². The number of thiophene rings is 1. The van der Waals surface area contributed by atoms with E-state index in [1.165, 1.54) is 29.5 Å². The first kappa shape index (κ1) is 17.0. The third-order valence-electron chi connectivity index (χ3n) is 3.26. The van der Waals surface area contributed by atoms with E-state index >= 15 is 0 Å². The molecule has 0 atom stereocenters. The van der Waals surface area contributed by atoms with Gasteiger partial charge in [0.15, 0.2) is 11.6 Å². The number of benzene rings is 2. The third-order valence-corrected chi connectivity index (χ3v) is 4.23. The first-order valence-electron chi connectivity index (χ1n) is 7.23. The summed E-state index contributed by atoms with van der Waals surface area (Å²) < 4.78 is 44.6. The molecule has 1 aromatic heterocycles. The van der Waals surface area contributed by atoms with Gasteiger partial charge in [0.25, 0.3) is 5.91 Å². The van der Waals surface area contributed by atoms with E-state index in [-0.39, 0.29) is 12.3 Å². The predicted octanol–water partition coefficient (Wildman–Crippen LogP) is 5.00. The summed E-state index contributed by atoms with van der Waals surface area (Å²) >= 11 is 1.19. The zero-order valence-corrected chi connectivity index (χ0v) is 13.6. The minimum absolute atomic E-state index is 0.162. The fourth-order valence-electron chi connectivity index (χ4n) is 2.06. The van der Waals surface area contributed by atoms with Gasteiger partial charge in [-0.15, -0.1) is 11.3 Å². The quantitative estimate of drug-likeness (QED) is 0.693. The van der Waals surface area contributed by atoms with Gasteiger partial charge in [0, 0.05) is 23.4 Å². The lowest BCUT2D eigenvalue weighted by Crippen LogP contribution is -2.10. The molecule has 1 amide bonds. The molecule has 0 unspecified atom stereocenters. The number of nitrogens with one attached hydrogen (secondary N) is 1. The number of anilines is 1. The van der Waals surface area contributed by atoms with Crippen molar-refractivity contribution < 1.29 is 22.7 Å². The lowest BCUT2D eigenvalue weighted by molar-refractivity contribution is 0.103. The summed E-state index contributed by atoms with van der Waals surface area (Å²) in [4.78, 5) is 12.5. The summed E-state index contributed by atoms with van der Waals surface area (Å²) in [5.74, 6) is -2.46. The van der Waals surface area contributed by atoms with Gasteiger partial charge in [0.2, 0.25) is 0 Å². The highest BCUT2D eigenvalue weighted by molar-refractivity contribution is 7.12. The van der Waals surface area contributed by atoms with E-state index in [2.05, 4.69) is 5.32 Å². The van der Waals surface area contributed by atoms with E-state index in [9.17, 15) is 18.0 Å². The zero-order valence-electron chi connectivity index (χ0n) is 12.8. The van der Waals surface area contributed by atoms with Crippen molar-refractivity contribution in [2.45, 2.75) is 6.61 Å². The molecule has 1 N–H and O–H groups in total. The van der Waals surface area contributed by atoms with E-state index in [0.717, 1.165) is 17.7 Å². The van der Waals surface area contributed by atoms with Gasteiger partial charge in [-0.05, 0) is 35.7 Å². The molecular formula is C18H12F3NO2S. The maximum absolute atomic E-state index is 13.2. The van der Waals surface area contributed by atoms with Crippen LogP contribution in [0.15, 0.2) is 53.9 Å². The van der Waals surface area contributed by atoms with E-state index in [1.54, 1.807) is 23.6 Å². The second-order valence-corrected chi connectivity index (χ2v) is 6.06. The molecule has 2 aromatic carbocycles. The van der Waals surface area contributed by atoms with Crippen LogP contribution in [0.5, 0.6) is 5.75 Å². The Morgan fingerprint density at radius 3 is 2.64 bits per heavy atom. The van der Waals surface area contributed by atoms with Crippen molar-refractivity contribution >= 4 is 22.9 Å². The molecule has 7 heteroatoms. The van der Waals surface area contributed by atoms with Crippen molar-refractivity contribution in [1.29, 1.82) is 0 Å². The Bertz CT molecular complexity index is 911. The summed E-state index contributed by atoms with van der Waals surface area (Å²) in [6, 6.07) is 10.5. The molecule has 0 fully saturated rings. The smallest absolute Gasteiger partial charge is 0.265 e. The summed E-state index contributed by atoms with van der Waals surface area (Å²) in [5.41, 5.74) is 0.902. The molecule has 3 nitrogen and oxygen atoms in total. The van der Waals surface area contributed by atoms with Crippen LogP contribution >= 0.6 is 11.3 Å². The normalized spacial score (nSPS) is 10.5. The molecule has 1 heterocycles. The molecular weight excluding hydrogens is 351 g/mol. The molecule has 0 aliphatic heterocycles. The van der Waals surface area contributed by atoms with Crippen LogP contribution in [-0.4, -0.2) is 5.91 Å². The SMILES string of the molecule is O=C(Nc1ccc(F)c(F)c1)c1cc(COc2cccc(F)c2)cs1. The summed E-state index contributed by atoms with van der Waals surface area (Å²) in [5, 5.41) is 4.23. The minimum atomic E-state index is -1.03. The average molecular weight is 363 g/mol. The van der Waals surface area contributed by atoms with Gasteiger partial charge in [-0.2, -0.15) is 0 Å². The predicted molar refractivity (Wildman–Crippen MR) is 89.4 cm³/mol. The van der Waals surface area contributed by atoms with Gasteiger partial charge >= 0.3 is 0 Å². The summed E-state index contributed by atoms with van der Waals surface area (Å²) in [6.07, 6.45) is 0. The second-order valence-electron chi connectivity index (χ2n) is 5.15. The van der Waals surface area contributed by atoms with Crippen LogP contribution in [0.25, 0.3) is 0 Å². The lowest BCUT2D eigenvalue weighted by Gasteiger charge is -2.05. The van der Waals surface area contributed by atoms with Crippen LogP contribution in [0.4, 0.5) is 18.9 Å². The maximum atomic E-state index is 13.2. The zero-order chi connectivity index (χ0) is 17.8. The number of amides is 1. The number of hydrogen-bond donors (Lipinski definition) is 1. The maximum Gasteiger partial charge on any atom is 0.265 e. The summed E-state index contributed by atoms with van der Waals surface area (Å²) in [7, 11) is 0. The van der Waals surface area contributed by atoms with Crippen molar-refractivity contribution in [1.82, 2.24) is 0 Å². The van der Waals surface area contributed by atoms with E-state index in [0.29, 0.717) is 10.6 Å². The molecule has 0 aliphatic carbocycles. The van der Waals surface area contributed by atoms with Crippen LogP contribution in [0, 0.1) is 17.5 Å². The van der Waals surface area contributed by atoms with Gasteiger partial charge in [-0.3, -0.25) is 4.79 Å². The number of hydrogen-bond acceptors (Lipinski definition) is 3. The topological polar surface area (TPSA) is 38.3 Å². The molecule has 3 rings (SSSR count). The van der Waals surface area contributed by atoms with Gasteiger partial charge in [-0.1, -0.05) is 6.07 Å². The highest BCUT2D eigenvalue weighted by atomic mass is 32.1. The van der Waals surface area contributed by atoms with Gasteiger partial charge in [0.05, 0.1) is 4.88 Å². The number of rotatable bonds is 5. The third kappa shape index (κ3) is 4.39. The van der Waals surface area contributed by atoms with Crippen LogP contribution in [-0.2, 0) is 6.61 Å². The molecule has 3 aromatic rings. The van der Waals surface area contributed by atoms with Gasteiger partial charge in [-0.25, -0.2) is 13.2 Å². The Hall–Kier alpha value is -2.80. The monoisotopic (exact) mass is 363 g/mol. The van der Waals surface area contributed by atoms with Crippen LogP contribution in [0.1, 0.15) is 15.2 Å². The molecule has 0 bridgehead atoms. The van der Waals surface area contributed by atoms with E-state index in [1.807, 2.05) is 0 Å². The number of carbonyl (C=O) groups is 1. The lowest BCUT2D eigenvalue weighted by atomic mass is 10.2. The minimum Gasteiger partial charge on any atom is -0.489 e. The highest BCUT2D eigenvalue weighted by Crippen LogP contribution is 2.20. The van der Waals surface area contributed by atoms with Crippen LogP contribution in [0.3, 0.4) is 0 Å². The Morgan fingerprint density at radius 2 is 1.88 bits per heavy atom. The fraction of sp³-hybridized carbons (Fsp3) is 0.0556. The second kappa shape index (κ2) is 7.40. The van der Waals surface area contributed by atoms with Crippen molar-refractivity contribution in [2.24, 2.45) is 0 Å². The standard InChI is InChI=1S/C18H12F3NO2S/c19-12-2-1-3-14(7-12)24-9-11-6-17(25-10-11)18(23)22-13-4-5-15(20)16(21)8-13/h1-8,10H,9H2,(H,22,23). The average Bonchev–Trinajstić information content (AvgIpc) is 3.06. The summed E-state index contributed by atoms with van der Waals surface area (Å²) in [6.45, 7) is 0.179. The molecule has 0 saturated carbocycles. The number of ether oxygens (including phenoxy) is 1. The fourth-order valence-corrected chi connectivity index (χ4v) is 2.85. The Kier molecular flexibility index (Phi) is 5.04. The van der Waals surface area contributed by atoms with Crippen molar-refractivity contribution in [3.05, 3.63) is 81.8 Å². The Labute approximate surface area is 145 Å². The Balaban J connectivity index is 1.62.